The molecule has 1 aromatic rings. The lowest BCUT2D eigenvalue weighted by Crippen LogP contribution is -2.60. The Morgan fingerprint density at radius 3 is 1.79 bits per heavy atom. The Morgan fingerprint density at radius 2 is 1.23 bits per heavy atom. The van der Waals surface area contributed by atoms with Crippen molar-refractivity contribution >= 4 is 59.2 Å². The van der Waals surface area contributed by atoms with E-state index >= 15 is 0 Å². The summed E-state index contributed by atoms with van der Waals surface area (Å²) < 4.78 is 0. The number of carbonyl (C=O) groups is 9. The van der Waals surface area contributed by atoms with Gasteiger partial charge >= 0.3 is 5.97 Å². The highest BCUT2D eigenvalue weighted by atomic mass is 16.4. The van der Waals surface area contributed by atoms with E-state index in [-0.39, 0.29) is 50.5 Å². The van der Waals surface area contributed by atoms with Gasteiger partial charge in [0.1, 0.15) is 36.8 Å². The summed E-state index contributed by atoms with van der Waals surface area (Å²) in [5, 5.41) is 23.4. The summed E-state index contributed by atoms with van der Waals surface area (Å²) in [6.45, 7) is 4.30. The predicted molar refractivity (Wildman–Crippen MR) is 206 cm³/mol. The van der Waals surface area contributed by atoms with Gasteiger partial charge in [-0.15, -0.1) is 0 Å². The zero-order chi connectivity index (χ0) is 43.2. The summed E-state index contributed by atoms with van der Waals surface area (Å²) in [6, 6.07) is 0.390. The number of aliphatic carboxylic acids is 1. The van der Waals surface area contributed by atoms with Gasteiger partial charge in [0.2, 0.25) is 47.3 Å². The predicted octanol–water partition coefficient (Wildman–Crippen LogP) is -4.56. The van der Waals surface area contributed by atoms with Crippen LogP contribution in [0.3, 0.4) is 0 Å². The van der Waals surface area contributed by atoms with Crippen LogP contribution in [-0.2, 0) is 49.6 Å². The number of nitrogens with one attached hydrogen (secondary N) is 6. The summed E-state index contributed by atoms with van der Waals surface area (Å²) in [5.41, 5.74) is 27.7. The number of carbonyl (C=O) groups excluding carboxylic acids is 8. The standard InChI is InChI=1S/C35H56N12O10/c1-18(2)14-23(31(54)42-17-28(50)51)46-33(56)24(15-20-8-5-4-6-9-20)47-34(57)25(16-27(38)49)45-29(52)19(3)43-32(55)22(11-12-26(37)48)44-30(53)21(36)10-7-13-41-35(39)40/h4-6,8-9,18-19,21-25H,7,10-17,36H2,1-3H3,(H2,37,48)(H2,38,49)(H,42,54)(H,43,55)(H,44,53)(H,45,52)(H,46,56)(H,47,57)(H,50,51)(H4,39,40,41). The molecule has 0 radical (unpaired) electrons. The molecule has 0 spiro atoms. The fourth-order valence-corrected chi connectivity index (χ4v) is 5.16. The number of amides is 8. The third-order valence-electron chi connectivity index (χ3n) is 8.08. The first-order valence-electron chi connectivity index (χ1n) is 18.1. The molecule has 22 heteroatoms. The van der Waals surface area contributed by atoms with Crippen LogP contribution in [0.2, 0.25) is 0 Å². The third-order valence-corrected chi connectivity index (χ3v) is 8.08. The van der Waals surface area contributed by atoms with Crippen molar-refractivity contribution in [3.8, 4) is 0 Å². The second-order valence-corrected chi connectivity index (χ2v) is 13.6. The van der Waals surface area contributed by atoms with Crippen LogP contribution in [0, 0.1) is 5.92 Å². The van der Waals surface area contributed by atoms with Crippen LogP contribution in [0.15, 0.2) is 35.3 Å². The van der Waals surface area contributed by atoms with Gasteiger partial charge in [0.15, 0.2) is 5.96 Å². The molecular weight excluding hydrogens is 748 g/mol. The highest BCUT2D eigenvalue weighted by Crippen LogP contribution is 2.09. The zero-order valence-electron chi connectivity index (χ0n) is 32.2. The maximum Gasteiger partial charge on any atom is 0.322 e. The second kappa shape index (κ2) is 25.0. The van der Waals surface area contributed by atoms with E-state index in [2.05, 4.69) is 36.9 Å². The van der Waals surface area contributed by atoms with Crippen LogP contribution in [0.5, 0.6) is 0 Å². The molecule has 17 N–H and O–H groups in total. The van der Waals surface area contributed by atoms with Crippen molar-refractivity contribution in [1.82, 2.24) is 31.9 Å². The minimum Gasteiger partial charge on any atom is -0.480 e. The molecule has 0 aliphatic rings. The Labute approximate surface area is 329 Å². The number of rotatable bonds is 26. The smallest absolute Gasteiger partial charge is 0.322 e. The summed E-state index contributed by atoms with van der Waals surface area (Å²) in [5.74, 6) is -8.58. The molecule has 6 unspecified atom stereocenters. The van der Waals surface area contributed by atoms with E-state index in [1.54, 1.807) is 44.2 Å². The Hall–Kier alpha value is -6.32. The first kappa shape index (κ1) is 48.7. The van der Waals surface area contributed by atoms with Crippen molar-refractivity contribution in [2.45, 2.75) is 102 Å². The number of carboxylic acids is 1. The number of benzene rings is 1. The number of hydrogen-bond acceptors (Lipinski definition) is 11. The summed E-state index contributed by atoms with van der Waals surface area (Å²) in [6.07, 6.45) is -0.808. The first-order valence-corrected chi connectivity index (χ1v) is 18.1. The molecule has 0 aliphatic carbocycles. The molecular formula is C35H56N12O10. The van der Waals surface area contributed by atoms with Gasteiger partial charge in [-0.05, 0) is 44.1 Å². The van der Waals surface area contributed by atoms with Crippen LogP contribution in [0.4, 0.5) is 0 Å². The molecule has 0 heterocycles. The van der Waals surface area contributed by atoms with Crippen LogP contribution < -0.4 is 60.6 Å². The number of guanidine groups is 1. The molecule has 0 bridgehead atoms. The Kier molecular flexibility index (Phi) is 21.3. The molecule has 0 aliphatic heterocycles. The van der Waals surface area contributed by atoms with Crippen molar-refractivity contribution < 1.29 is 48.3 Å². The molecule has 8 amide bonds. The van der Waals surface area contributed by atoms with Crippen molar-refractivity contribution in [2.24, 2.45) is 39.6 Å². The number of hydrogen-bond donors (Lipinski definition) is 12. The number of aliphatic imine (C=N–C) groups is 1. The van der Waals surface area contributed by atoms with Gasteiger partial charge in [0, 0.05) is 19.4 Å². The third kappa shape index (κ3) is 20.3. The summed E-state index contributed by atoms with van der Waals surface area (Å²) in [4.78, 5) is 118. The molecule has 0 saturated heterocycles. The van der Waals surface area contributed by atoms with Gasteiger partial charge < -0.3 is 65.7 Å². The van der Waals surface area contributed by atoms with Crippen LogP contribution in [-0.4, -0.2) is 114 Å². The average molecular weight is 805 g/mol. The number of nitrogens with two attached hydrogens (primary N) is 5. The summed E-state index contributed by atoms with van der Waals surface area (Å²) >= 11 is 0. The van der Waals surface area contributed by atoms with Gasteiger partial charge in [-0.3, -0.25) is 48.1 Å². The molecule has 0 saturated carbocycles. The average Bonchev–Trinajstić information content (AvgIpc) is 3.12. The quantitative estimate of drug-likeness (QED) is 0.0239. The van der Waals surface area contributed by atoms with Gasteiger partial charge in [0.25, 0.3) is 0 Å². The molecule has 1 rings (SSSR count). The molecule has 0 fully saturated rings. The fourth-order valence-electron chi connectivity index (χ4n) is 5.16. The maximum atomic E-state index is 13.7. The van der Waals surface area contributed by atoms with E-state index in [1.807, 2.05) is 0 Å². The first-order chi connectivity index (χ1) is 26.7. The van der Waals surface area contributed by atoms with E-state index in [4.69, 9.17) is 33.8 Å². The van der Waals surface area contributed by atoms with Crippen molar-refractivity contribution in [3.05, 3.63) is 35.9 Å². The van der Waals surface area contributed by atoms with Crippen LogP contribution in [0.1, 0.15) is 64.9 Å². The van der Waals surface area contributed by atoms with Crippen molar-refractivity contribution in [1.29, 1.82) is 0 Å². The van der Waals surface area contributed by atoms with E-state index < -0.39 is 102 Å². The van der Waals surface area contributed by atoms with Gasteiger partial charge in [-0.1, -0.05) is 44.2 Å². The fraction of sp³-hybridized carbons (Fsp3) is 0.543. The van der Waals surface area contributed by atoms with Crippen LogP contribution in [0.25, 0.3) is 0 Å². The lowest BCUT2D eigenvalue weighted by atomic mass is 10.0. The minimum absolute atomic E-state index is 0.106. The van der Waals surface area contributed by atoms with E-state index in [9.17, 15) is 43.2 Å². The van der Waals surface area contributed by atoms with Crippen LogP contribution >= 0.6 is 0 Å². The van der Waals surface area contributed by atoms with E-state index in [0.717, 1.165) is 0 Å². The summed E-state index contributed by atoms with van der Waals surface area (Å²) in [7, 11) is 0. The number of nitrogens with zero attached hydrogens (tertiary/aromatic N) is 1. The molecule has 6 atom stereocenters. The molecule has 22 nitrogen and oxygen atoms in total. The normalized spacial score (nSPS) is 13.9. The van der Waals surface area contributed by atoms with E-state index in [0.29, 0.717) is 12.0 Å². The second-order valence-electron chi connectivity index (χ2n) is 13.6. The minimum atomic E-state index is -1.66. The van der Waals surface area contributed by atoms with Crippen molar-refractivity contribution in [3.63, 3.8) is 0 Å². The molecule has 0 aromatic heterocycles. The van der Waals surface area contributed by atoms with Gasteiger partial charge in [-0.2, -0.15) is 0 Å². The number of carboxylic acid groups (broad SMARTS) is 1. The lowest BCUT2D eigenvalue weighted by molar-refractivity contribution is -0.138. The van der Waals surface area contributed by atoms with E-state index in [1.165, 1.54) is 6.92 Å². The SMILES string of the molecule is CC(C)CC(NC(=O)C(Cc1ccccc1)NC(=O)C(CC(N)=O)NC(=O)C(C)NC(=O)C(CCC(N)=O)NC(=O)C(N)CCCN=C(N)N)C(=O)NCC(=O)O. The molecule has 57 heavy (non-hydrogen) atoms. The highest BCUT2D eigenvalue weighted by molar-refractivity contribution is 5.98. The monoisotopic (exact) mass is 804 g/mol. The maximum absolute atomic E-state index is 13.7. The Bertz CT molecular complexity index is 1600. The zero-order valence-corrected chi connectivity index (χ0v) is 32.2. The number of primary amides is 2. The highest BCUT2D eigenvalue weighted by Gasteiger charge is 2.33. The van der Waals surface area contributed by atoms with Gasteiger partial charge in [-0.25, -0.2) is 0 Å². The Morgan fingerprint density at radius 1 is 0.667 bits per heavy atom. The Balaban J connectivity index is 3.20. The topological polar surface area (TPSA) is 388 Å². The molecule has 316 valence electrons. The van der Waals surface area contributed by atoms with Gasteiger partial charge in [0.05, 0.1) is 12.5 Å². The molecule has 1 aromatic carbocycles. The largest absolute Gasteiger partial charge is 0.480 e. The van der Waals surface area contributed by atoms with Crippen molar-refractivity contribution in [2.75, 3.05) is 13.1 Å². The lowest BCUT2D eigenvalue weighted by Gasteiger charge is -2.26.